The maximum atomic E-state index is 12.6. The van der Waals surface area contributed by atoms with Crippen LogP contribution in [0.15, 0.2) is 0 Å². The summed E-state index contributed by atoms with van der Waals surface area (Å²) in [5, 5.41) is 0. The molecule has 0 amide bonds. The van der Waals surface area contributed by atoms with E-state index in [0.717, 1.165) is 38.5 Å². The van der Waals surface area contributed by atoms with E-state index in [1.807, 2.05) is 0 Å². The van der Waals surface area contributed by atoms with Crippen molar-refractivity contribution < 1.29 is 17.9 Å². The van der Waals surface area contributed by atoms with Gasteiger partial charge < -0.3 is 4.74 Å². The van der Waals surface area contributed by atoms with Crippen LogP contribution in [0.2, 0.25) is 0 Å². The average molecular weight is 301 g/mol. The van der Waals surface area contributed by atoms with Crippen molar-refractivity contribution in [2.45, 2.75) is 57.1 Å². The lowest BCUT2D eigenvalue weighted by Crippen LogP contribution is -2.44. The van der Waals surface area contributed by atoms with Crippen molar-refractivity contribution in [2.24, 2.45) is 5.92 Å². The number of hydrogen-bond acceptors (Lipinski definition) is 4. The molecule has 0 aromatic carbocycles. The molecule has 5 nitrogen and oxygen atoms in total. The number of carbonyl (C=O) groups is 1. The van der Waals surface area contributed by atoms with Gasteiger partial charge in [-0.3, -0.25) is 4.79 Å². The van der Waals surface area contributed by atoms with Gasteiger partial charge in [0.2, 0.25) is 10.0 Å². The number of nitrogens with zero attached hydrogens (tertiary/aromatic N) is 1. The van der Waals surface area contributed by atoms with E-state index in [-0.39, 0.29) is 29.6 Å². The predicted molar refractivity (Wildman–Crippen MR) is 74.8 cm³/mol. The minimum Gasteiger partial charge on any atom is -0.377 e. The van der Waals surface area contributed by atoms with Gasteiger partial charge in [0.25, 0.3) is 0 Å². The second-order valence-corrected chi connectivity index (χ2v) is 8.17. The van der Waals surface area contributed by atoms with Gasteiger partial charge >= 0.3 is 0 Å². The summed E-state index contributed by atoms with van der Waals surface area (Å²) in [7, 11) is -3.30. The molecule has 2 heterocycles. The second kappa shape index (κ2) is 5.73. The molecule has 3 aliphatic rings. The highest BCUT2D eigenvalue weighted by Crippen LogP contribution is 2.35. The van der Waals surface area contributed by atoms with Crippen LogP contribution in [0.4, 0.5) is 0 Å². The lowest BCUT2D eigenvalue weighted by atomic mass is 9.96. The summed E-state index contributed by atoms with van der Waals surface area (Å²) in [6.45, 7) is 1.24. The molecule has 0 N–H and O–H groups in total. The van der Waals surface area contributed by atoms with Crippen molar-refractivity contribution in [3.05, 3.63) is 0 Å². The van der Waals surface area contributed by atoms with Crippen LogP contribution >= 0.6 is 0 Å². The molecular weight excluding hydrogens is 278 g/mol. The van der Waals surface area contributed by atoms with Crippen LogP contribution in [0, 0.1) is 5.92 Å². The number of hydrogen-bond donors (Lipinski definition) is 0. The van der Waals surface area contributed by atoms with Gasteiger partial charge in [-0.05, 0) is 38.5 Å². The van der Waals surface area contributed by atoms with Gasteiger partial charge in [-0.25, -0.2) is 8.42 Å². The van der Waals surface area contributed by atoms with E-state index in [0.29, 0.717) is 19.6 Å². The van der Waals surface area contributed by atoms with Gasteiger partial charge in [0, 0.05) is 31.5 Å². The van der Waals surface area contributed by atoms with Crippen LogP contribution in [0.3, 0.4) is 0 Å². The normalized spacial score (nSPS) is 36.0. The highest BCUT2D eigenvalue weighted by Gasteiger charge is 2.43. The lowest BCUT2D eigenvalue weighted by molar-refractivity contribution is -0.121. The standard InChI is InChI=1S/C14H23NO4S/c16-14-7-1-5-12(14)13-6-2-8-15(13)20(17,18)10-11-4-3-9-19-11/h11-13H,1-10H2. The lowest BCUT2D eigenvalue weighted by Gasteiger charge is -2.28. The van der Waals surface area contributed by atoms with Crippen LogP contribution in [0.25, 0.3) is 0 Å². The summed E-state index contributed by atoms with van der Waals surface area (Å²) in [6.07, 6.45) is 5.74. The third-order valence-electron chi connectivity index (χ3n) is 4.84. The predicted octanol–water partition coefficient (Wildman–Crippen LogP) is 1.33. The van der Waals surface area contributed by atoms with E-state index in [1.165, 1.54) is 0 Å². The van der Waals surface area contributed by atoms with Crippen molar-refractivity contribution in [3.8, 4) is 0 Å². The molecule has 3 atom stereocenters. The van der Waals surface area contributed by atoms with Crippen molar-refractivity contribution in [3.63, 3.8) is 0 Å². The Labute approximate surface area is 120 Å². The number of Topliss-reactive ketones (excluding diaryl/α,β-unsaturated/α-hetero) is 1. The van der Waals surface area contributed by atoms with E-state index < -0.39 is 10.0 Å². The molecule has 3 rings (SSSR count). The van der Waals surface area contributed by atoms with Crippen molar-refractivity contribution in [1.82, 2.24) is 4.31 Å². The number of sulfonamides is 1. The maximum Gasteiger partial charge on any atom is 0.216 e. The first kappa shape index (κ1) is 14.5. The smallest absolute Gasteiger partial charge is 0.216 e. The van der Waals surface area contributed by atoms with Crippen LogP contribution in [-0.2, 0) is 19.6 Å². The number of ketones is 1. The highest BCUT2D eigenvalue weighted by atomic mass is 32.2. The third-order valence-corrected chi connectivity index (χ3v) is 6.80. The molecule has 2 aliphatic heterocycles. The fraction of sp³-hybridized carbons (Fsp3) is 0.929. The van der Waals surface area contributed by atoms with Crippen LogP contribution in [0.1, 0.15) is 44.9 Å². The number of ether oxygens (including phenoxy) is 1. The van der Waals surface area contributed by atoms with E-state index >= 15 is 0 Å². The Morgan fingerprint density at radius 2 is 2.00 bits per heavy atom. The summed E-state index contributed by atoms with van der Waals surface area (Å²) in [5.41, 5.74) is 0. The quantitative estimate of drug-likeness (QED) is 0.786. The van der Waals surface area contributed by atoms with E-state index in [9.17, 15) is 13.2 Å². The van der Waals surface area contributed by atoms with Gasteiger partial charge in [-0.15, -0.1) is 0 Å². The van der Waals surface area contributed by atoms with Crippen LogP contribution in [-0.4, -0.2) is 49.6 Å². The molecular formula is C14H23NO4S. The van der Waals surface area contributed by atoms with Crippen LogP contribution < -0.4 is 0 Å². The second-order valence-electron chi connectivity index (χ2n) is 6.20. The Morgan fingerprint density at radius 1 is 1.15 bits per heavy atom. The SMILES string of the molecule is O=C1CCCC1C1CCCN1S(=O)(=O)CC1CCCO1. The summed E-state index contributed by atoms with van der Waals surface area (Å²) in [6, 6.07) is -0.0867. The summed E-state index contributed by atoms with van der Waals surface area (Å²) < 4.78 is 32.3. The zero-order valence-electron chi connectivity index (χ0n) is 11.8. The number of carbonyl (C=O) groups excluding carboxylic acids is 1. The molecule has 3 unspecified atom stereocenters. The summed E-state index contributed by atoms with van der Waals surface area (Å²) >= 11 is 0. The molecule has 0 aromatic heterocycles. The molecule has 1 aliphatic carbocycles. The Balaban J connectivity index is 1.71. The molecule has 6 heteroatoms. The van der Waals surface area contributed by atoms with Crippen molar-refractivity contribution in [2.75, 3.05) is 18.9 Å². The molecule has 2 saturated heterocycles. The minimum atomic E-state index is -3.30. The molecule has 114 valence electrons. The Morgan fingerprint density at radius 3 is 2.65 bits per heavy atom. The monoisotopic (exact) mass is 301 g/mol. The first-order chi connectivity index (χ1) is 9.58. The number of rotatable bonds is 4. The molecule has 0 spiro atoms. The molecule has 0 bridgehead atoms. The zero-order chi connectivity index (χ0) is 14.2. The van der Waals surface area contributed by atoms with Gasteiger partial charge in [-0.1, -0.05) is 0 Å². The molecule has 1 saturated carbocycles. The van der Waals surface area contributed by atoms with Crippen molar-refractivity contribution >= 4 is 15.8 Å². The topological polar surface area (TPSA) is 63.7 Å². The van der Waals surface area contributed by atoms with Gasteiger partial charge in [0.15, 0.2) is 0 Å². The zero-order valence-corrected chi connectivity index (χ0v) is 12.6. The van der Waals surface area contributed by atoms with Gasteiger partial charge in [0.1, 0.15) is 5.78 Å². The first-order valence-electron chi connectivity index (χ1n) is 7.72. The third kappa shape index (κ3) is 2.78. The Kier molecular flexibility index (Phi) is 4.15. The van der Waals surface area contributed by atoms with E-state index in [2.05, 4.69) is 0 Å². The summed E-state index contributed by atoms with van der Waals surface area (Å²) in [5.74, 6) is 0.288. The molecule has 0 aromatic rings. The minimum absolute atomic E-state index is 0.0585. The van der Waals surface area contributed by atoms with Crippen molar-refractivity contribution in [1.29, 1.82) is 0 Å². The molecule has 0 radical (unpaired) electrons. The van der Waals surface area contributed by atoms with E-state index in [1.54, 1.807) is 4.31 Å². The first-order valence-corrected chi connectivity index (χ1v) is 9.33. The average Bonchev–Trinajstić information content (AvgIpc) is 3.07. The van der Waals surface area contributed by atoms with Crippen LogP contribution in [0.5, 0.6) is 0 Å². The largest absolute Gasteiger partial charge is 0.377 e. The Hall–Kier alpha value is -0.460. The van der Waals surface area contributed by atoms with Gasteiger partial charge in [-0.2, -0.15) is 4.31 Å². The maximum absolute atomic E-state index is 12.6. The highest BCUT2D eigenvalue weighted by molar-refractivity contribution is 7.89. The fourth-order valence-corrected chi connectivity index (χ4v) is 5.87. The van der Waals surface area contributed by atoms with Gasteiger partial charge in [0.05, 0.1) is 11.9 Å². The Bertz CT molecular complexity index is 470. The fourth-order valence-electron chi connectivity index (χ4n) is 3.87. The van der Waals surface area contributed by atoms with E-state index in [4.69, 9.17) is 4.74 Å². The molecule has 20 heavy (non-hydrogen) atoms. The molecule has 3 fully saturated rings. The summed E-state index contributed by atoms with van der Waals surface area (Å²) in [4.78, 5) is 11.9.